The topological polar surface area (TPSA) is 101 Å². The summed E-state index contributed by atoms with van der Waals surface area (Å²) >= 11 is 0. The lowest BCUT2D eigenvalue weighted by Crippen LogP contribution is -2.31. The first kappa shape index (κ1) is 17.3. The van der Waals surface area contributed by atoms with E-state index in [0.717, 1.165) is 42.1 Å². The Morgan fingerprint density at radius 1 is 1.14 bits per heavy atom. The third-order valence-corrected chi connectivity index (χ3v) is 5.08. The molecule has 29 heavy (non-hydrogen) atoms. The van der Waals surface area contributed by atoms with Crippen LogP contribution in [0.15, 0.2) is 58.1 Å². The van der Waals surface area contributed by atoms with Crippen molar-refractivity contribution in [2.75, 3.05) is 11.4 Å². The van der Waals surface area contributed by atoms with Gasteiger partial charge in [0.25, 0.3) is 5.89 Å². The van der Waals surface area contributed by atoms with Crippen molar-refractivity contribution in [3.8, 4) is 23.0 Å². The minimum atomic E-state index is -0.216. The molecule has 0 bridgehead atoms. The van der Waals surface area contributed by atoms with Crippen LogP contribution in [0.3, 0.4) is 0 Å². The first-order chi connectivity index (χ1) is 14.2. The lowest BCUT2D eigenvalue weighted by atomic mass is 9.94. The minimum Gasteiger partial charge on any atom is -0.352 e. The number of H-pyrrole nitrogens is 1. The van der Waals surface area contributed by atoms with Crippen LogP contribution in [0.25, 0.3) is 23.0 Å². The Kier molecular flexibility index (Phi) is 4.16. The van der Waals surface area contributed by atoms with Crippen molar-refractivity contribution in [2.45, 2.75) is 19.9 Å². The molecule has 1 aliphatic heterocycles. The van der Waals surface area contributed by atoms with Crippen LogP contribution in [0.4, 0.5) is 5.82 Å². The Bertz CT molecular complexity index is 1230. The van der Waals surface area contributed by atoms with E-state index in [0.29, 0.717) is 11.5 Å². The lowest BCUT2D eigenvalue weighted by molar-refractivity contribution is 0.430. The molecule has 8 nitrogen and oxygen atoms in total. The second-order valence-corrected chi connectivity index (χ2v) is 6.93. The zero-order valence-corrected chi connectivity index (χ0v) is 15.8. The molecule has 0 amide bonds. The van der Waals surface area contributed by atoms with E-state index in [1.807, 2.05) is 31.3 Å². The van der Waals surface area contributed by atoms with Crippen LogP contribution < -0.4 is 10.5 Å². The number of aromatic nitrogens is 5. The van der Waals surface area contributed by atoms with Crippen LogP contribution in [0, 0.1) is 6.92 Å². The maximum Gasteiger partial charge on any atom is 0.274 e. The highest BCUT2D eigenvalue weighted by molar-refractivity contribution is 5.67. The molecule has 8 heteroatoms. The van der Waals surface area contributed by atoms with Gasteiger partial charge in [-0.25, -0.2) is 4.98 Å². The van der Waals surface area contributed by atoms with Crippen LogP contribution in [0.5, 0.6) is 0 Å². The Hall–Kier alpha value is -3.81. The van der Waals surface area contributed by atoms with E-state index < -0.39 is 0 Å². The van der Waals surface area contributed by atoms with Crippen LogP contribution >= 0.6 is 0 Å². The summed E-state index contributed by atoms with van der Waals surface area (Å²) < 4.78 is 5.42. The van der Waals surface area contributed by atoms with Gasteiger partial charge in [0, 0.05) is 42.8 Å². The molecule has 0 saturated heterocycles. The van der Waals surface area contributed by atoms with Crippen molar-refractivity contribution in [2.24, 2.45) is 0 Å². The van der Waals surface area contributed by atoms with Gasteiger partial charge in [0.15, 0.2) is 0 Å². The molecule has 0 radical (unpaired) electrons. The number of anilines is 1. The Morgan fingerprint density at radius 2 is 2.07 bits per heavy atom. The van der Waals surface area contributed by atoms with Crippen LogP contribution in [-0.4, -0.2) is 31.6 Å². The molecule has 1 aliphatic rings. The van der Waals surface area contributed by atoms with Crippen LogP contribution in [-0.2, 0) is 13.0 Å². The van der Waals surface area contributed by atoms with E-state index in [1.54, 1.807) is 18.3 Å². The monoisotopic (exact) mass is 386 g/mol. The third kappa shape index (κ3) is 3.18. The molecule has 0 spiro atoms. The fourth-order valence-electron chi connectivity index (χ4n) is 3.69. The second kappa shape index (κ2) is 6.97. The number of aryl methyl sites for hydroxylation is 1. The summed E-state index contributed by atoms with van der Waals surface area (Å²) in [5.41, 5.74) is 4.33. The van der Waals surface area contributed by atoms with E-state index in [4.69, 9.17) is 4.52 Å². The van der Waals surface area contributed by atoms with Crippen molar-refractivity contribution in [3.63, 3.8) is 0 Å². The summed E-state index contributed by atoms with van der Waals surface area (Å²) in [5, 5.41) is 4.16. The van der Waals surface area contributed by atoms with E-state index in [-0.39, 0.29) is 11.4 Å². The third-order valence-electron chi connectivity index (χ3n) is 5.08. The fourth-order valence-corrected chi connectivity index (χ4v) is 3.69. The summed E-state index contributed by atoms with van der Waals surface area (Å²) in [4.78, 5) is 30.1. The van der Waals surface area contributed by atoms with E-state index >= 15 is 0 Å². The van der Waals surface area contributed by atoms with Crippen molar-refractivity contribution < 1.29 is 4.52 Å². The first-order valence-electron chi connectivity index (χ1n) is 9.36. The Labute approximate surface area is 166 Å². The molecular weight excluding hydrogens is 368 g/mol. The largest absolute Gasteiger partial charge is 0.352 e. The molecule has 0 atom stereocenters. The molecule has 4 aromatic heterocycles. The highest BCUT2D eigenvalue weighted by atomic mass is 16.5. The molecule has 5 rings (SSSR count). The van der Waals surface area contributed by atoms with Gasteiger partial charge in [-0.1, -0.05) is 17.3 Å². The van der Waals surface area contributed by atoms with Gasteiger partial charge in [-0.05, 0) is 42.7 Å². The van der Waals surface area contributed by atoms with Gasteiger partial charge in [-0.15, -0.1) is 0 Å². The number of aromatic amines is 1. The molecule has 0 aromatic carbocycles. The summed E-state index contributed by atoms with van der Waals surface area (Å²) in [6.07, 6.45) is 4.55. The van der Waals surface area contributed by atoms with Gasteiger partial charge < -0.3 is 14.4 Å². The number of nitrogens with zero attached hydrogens (tertiary/aromatic N) is 5. The van der Waals surface area contributed by atoms with Gasteiger partial charge in [0.2, 0.25) is 11.4 Å². The zero-order valence-electron chi connectivity index (χ0n) is 15.8. The summed E-state index contributed by atoms with van der Waals surface area (Å²) in [5.74, 6) is 1.72. The molecule has 0 aliphatic carbocycles. The highest BCUT2D eigenvalue weighted by Gasteiger charge is 2.25. The molecule has 0 saturated carbocycles. The van der Waals surface area contributed by atoms with Crippen molar-refractivity contribution in [1.29, 1.82) is 0 Å². The Balaban J connectivity index is 1.52. The summed E-state index contributed by atoms with van der Waals surface area (Å²) in [7, 11) is 0. The predicted octanol–water partition coefficient (Wildman–Crippen LogP) is 2.75. The molecule has 0 fully saturated rings. The number of pyridine rings is 3. The normalized spacial score (nSPS) is 13.3. The molecular formula is C21H18N6O2. The maximum atomic E-state index is 11.6. The molecule has 0 unspecified atom stereocenters. The second-order valence-electron chi connectivity index (χ2n) is 6.93. The van der Waals surface area contributed by atoms with Crippen molar-refractivity contribution >= 4 is 5.82 Å². The van der Waals surface area contributed by atoms with Gasteiger partial charge >= 0.3 is 0 Å². The minimum absolute atomic E-state index is 0.216. The number of fused-ring (bicyclic) bond motifs is 1. The predicted molar refractivity (Wildman–Crippen MR) is 107 cm³/mol. The standard InChI is InChI=1S/C21H18N6O2/c1-13-19(20-25-21(29-26-20)16-5-4-7-18(28)24-16)15-8-10-27(12-14(15)11-23-13)17-6-2-3-9-22-17/h2-7,9,11H,8,10,12H2,1H3,(H,24,28). The molecule has 4 aromatic rings. The van der Waals surface area contributed by atoms with Gasteiger partial charge in [-0.2, -0.15) is 4.98 Å². The number of hydrogen-bond acceptors (Lipinski definition) is 7. The highest BCUT2D eigenvalue weighted by Crippen LogP contribution is 2.32. The molecule has 1 N–H and O–H groups in total. The van der Waals surface area contributed by atoms with Crippen molar-refractivity contribution in [1.82, 2.24) is 25.1 Å². The van der Waals surface area contributed by atoms with Gasteiger partial charge in [0.1, 0.15) is 11.5 Å². The quantitative estimate of drug-likeness (QED) is 0.578. The Morgan fingerprint density at radius 3 is 2.90 bits per heavy atom. The van der Waals surface area contributed by atoms with Crippen LogP contribution in [0.1, 0.15) is 16.8 Å². The lowest BCUT2D eigenvalue weighted by Gasteiger charge is -2.30. The zero-order chi connectivity index (χ0) is 19.8. The fraction of sp³-hybridized carbons (Fsp3) is 0.190. The maximum absolute atomic E-state index is 11.6. The van der Waals surface area contributed by atoms with Crippen molar-refractivity contribution in [3.05, 3.63) is 76.0 Å². The summed E-state index contributed by atoms with van der Waals surface area (Å²) in [6.45, 7) is 3.52. The van der Waals surface area contributed by atoms with Gasteiger partial charge in [0.05, 0.1) is 0 Å². The van der Waals surface area contributed by atoms with Crippen LogP contribution in [0.2, 0.25) is 0 Å². The molecule has 5 heterocycles. The molecule has 144 valence electrons. The van der Waals surface area contributed by atoms with Gasteiger partial charge in [-0.3, -0.25) is 9.78 Å². The smallest absolute Gasteiger partial charge is 0.274 e. The first-order valence-corrected chi connectivity index (χ1v) is 9.36. The van der Waals surface area contributed by atoms with E-state index in [9.17, 15) is 4.79 Å². The number of nitrogens with one attached hydrogen (secondary N) is 1. The number of hydrogen-bond donors (Lipinski definition) is 1. The van der Waals surface area contributed by atoms with E-state index in [2.05, 4.69) is 30.0 Å². The SMILES string of the molecule is Cc1ncc2c(c1-c1noc(-c3cccc(=O)[nH]3)n1)CCN(c1ccccn1)C2. The summed E-state index contributed by atoms with van der Waals surface area (Å²) in [6, 6.07) is 10.7. The van der Waals surface area contributed by atoms with E-state index in [1.165, 1.54) is 11.6 Å². The average Bonchev–Trinajstić information content (AvgIpc) is 3.24. The number of rotatable bonds is 3. The average molecular weight is 386 g/mol.